The van der Waals surface area contributed by atoms with Crippen LogP contribution in [0.3, 0.4) is 0 Å². The van der Waals surface area contributed by atoms with E-state index < -0.39 is 5.97 Å². The maximum absolute atomic E-state index is 12.4. The van der Waals surface area contributed by atoms with Crippen LogP contribution in [0.5, 0.6) is 0 Å². The number of carboxylic acid groups (broad SMARTS) is 1. The molecule has 0 bridgehead atoms. The molecular weight excluding hydrogens is 358 g/mol. The number of amides is 1. The summed E-state index contributed by atoms with van der Waals surface area (Å²) in [6.45, 7) is 1.89. The second kappa shape index (κ2) is 7.09. The minimum absolute atomic E-state index is 0.0632. The summed E-state index contributed by atoms with van der Waals surface area (Å²) >= 11 is 7.18. The lowest BCUT2D eigenvalue weighted by atomic mass is 10.0. The number of aromatic carboxylic acids is 1. The third-order valence-corrected chi connectivity index (χ3v) is 4.78. The lowest BCUT2D eigenvalue weighted by Gasteiger charge is -2.07. The predicted octanol–water partition coefficient (Wildman–Crippen LogP) is 5.33. The fourth-order valence-corrected chi connectivity index (χ4v) is 3.64. The minimum atomic E-state index is -1.10. The van der Waals surface area contributed by atoms with Gasteiger partial charge in [0, 0.05) is 21.5 Å². The van der Waals surface area contributed by atoms with E-state index in [1.807, 2.05) is 13.0 Å². The van der Waals surface area contributed by atoms with Gasteiger partial charge in [-0.25, -0.2) is 4.79 Å². The summed E-state index contributed by atoms with van der Waals surface area (Å²) in [5.41, 5.74) is 2.72. The molecule has 3 rings (SSSR count). The molecule has 0 aliphatic carbocycles. The molecule has 1 heterocycles. The van der Waals surface area contributed by atoms with E-state index in [2.05, 4.69) is 5.32 Å². The molecule has 0 fully saturated rings. The van der Waals surface area contributed by atoms with Crippen LogP contribution < -0.4 is 5.32 Å². The smallest absolute Gasteiger partial charge is 0.339 e. The number of anilines is 1. The summed E-state index contributed by atoms with van der Waals surface area (Å²) in [5.74, 6) is -1.44. The van der Waals surface area contributed by atoms with Crippen molar-refractivity contribution in [2.75, 3.05) is 5.32 Å². The van der Waals surface area contributed by atoms with Gasteiger partial charge in [-0.2, -0.15) is 0 Å². The van der Waals surface area contributed by atoms with E-state index in [4.69, 9.17) is 11.6 Å². The minimum Gasteiger partial charge on any atom is -0.478 e. The Hall–Kier alpha value is -2.63. The highest BCUT2D eigenvalue weighted by molar-refractivity contribution is 7.15. The molecule has 0 aliphatic rings. The number of hydrogen-bond acceptors (Lipinski definition) is 3. The number of carbonyl (C=O) groups is 2. The average Bonchev–Trinajstić information content (AvgIpc) is 2.98. The number of halogens is 1. The SMILES string of the molecule is Cc1cccc(C(=O)Nc2scc(-c3cccc(Cl)c3)c2C(=O)O)c1. The largest absolute Gasteiger partial charge is 0.478 e. The molecule has 2 aromatic carbocycles. The summed E-state index contributed by atoms with van der Waals surface area (Å²) in [4.78, 5) is 24.2. The number of benzene rings is 2. The molecule has 0 saturated heterocycles. The van der Waals surface area contributed by atoms with Gasteiger partial charge in [0.1, 0.15) is 10.6 Å². The lowest BCUT2D eigenvalue weighted by Crippen LogP contribution is -2.13. The first-order valence-corrected chi connectivity index (χ1v) is 8.70. The van der Waals surface area contributed by atoms with E-state index in [0.717, 1.165) is 5.56 Å². The van der Waals surface area contributed by atoms with Crippen molar-refractivity contribution < 1.29 is 14.7 Å². The summed E-state index contributed by atoms with van der Waals surface area (Å²) in [6.07, 6.45) is 0. The zero-order chi connectivity index (χ0) is 18.0. The molecule has 126 valence electrons. The topological polar surface area (TPSA) is 66.4 Å². The summed E-state index contributed by atoms with van der Waals surface area (Å²) in [6, 6.07) is 14.1. The third-order valence-electron chi connectivity index (χ3n) is 3.65. The van der Waals surface area contributed by atoms with Gasteiger partial charge in [-0.05, 0) is 36.8 Å². The van der Waals surface area contributed by atoms with Crippen molar-refractivity contribution in [3.8, 4) is 11.1 Å². The van der Waals surface area contributed by atoms with Crippen LogP contribution in [0.15, 0.2) is 53.9 Å². The molecule has 6 heteroatoms. The van der Waals surface area contributed by atoms with Crippen molar-refractivity contribution in [3.05, 3.63) is 75.6 Å². The van der Waals surface area contributed by atoms with E-state index in [1.54, 1.807) is 47.8 Å². The molecule has 0 saturated carbocycles. The quantitative estimate of drug-likeness (QED) is 0.651. The fraction of sp³-hybridized carbons (Fsp3) is 0.0526. The van der Waals surface area contributed by atoms with Crippen molar-refractivity contribution >= 4 is 39.8 Å². The molecule has 1 aromatic heterocycles. The van der Waals surface area contributed by atoms with Crippen LogP contribution in [0.2, 0.25) is 5.02 Å². The van der Waals surface area contributed by atoms with Gasteiger partial charge in [0.05, 0.1) is 0 Å². The van der Waals surface area contributed by atoms with Crippen LogP contribution in [-0.4, -0.2) is 17.0 Å². The second-order valence-electron chi connectivity index (χ2n) is 5.49. The first-order chi connectivity index (χ1) is 12.0. The van der Waals surface area contributed by atoms with Gasteiger partial charge in [-0.15, -0.1) is 11.3 Å². The molecule has 4 nitrogen and oxygen atoms in total. The Morgan fingerprint density at radius 1 is 1.12 bits per heavy atom. The Labute approximate surface area is 153 Å². The van der Waals surface area contributed by atoms with Crippen LogP contribution in [0, 0.1) is 6.92 Å². The van der Waals surface area contributed by atoms with Crippen molar-refractivity contribution in [1.29, 1.82) is 0 Å². The van der Waals surface area contributed by atoms with Crippen LogP contribution >= 0.6 is 22.9 Å². The molecule has 0 spiro atoms. The summed E-state index contributed by atoms with van der Waals surface area (Å²) < 4.78 is 0. The molecule has 3 aromatic rings. The van der Waals surface area contributed by atoms with Crippen LogP contribution in [0.1, 0.15) is 26.3 Å². The Morgan fingerprint density at radius 2 is 1.88 bits per heavy atom. The number of aryl methyl sites for hydroxylation is 1. The number of carbonyl (C=O) groups excluding carboxylic acids is 1. The maximum Gasteiger partial charge on any atom is 0.339 e. The van der Waals surface area contributed by atoms with Crippen LogP contribution in [-0.2, 0) is 0 Å². The molecule has 1 amide bonds. The monoisotopic (exact) mass is 371 g/mol. The van der Waals surface area contributed by atoms with E-state index in [0.29, 0.717) is 26.7 Å². The molecule has 0 unspecified atom stereocenters. The maximum atomic E-state index is 12.4. The predicted molar refractivity (Wildman–Crippen MR) is 101 cm³/mol. The summed E-state index contributed by atoms with van der Waals surface area (Å²) in [5, 5.41) is 14.9. The van der Waals surface area contributed by atoms with Crippen molar-refractivity contribution in [1.82, 2.24) is 0 Å². The highest BCUT2D eigenvalue weighted by Gasteiger charge is 2.21. The van der Waals surface area contributed by atoms with Crippen molar-refractivity contribution in [3.63, 3.8) is 0 Å². The fourth-order valence-electron chi connectivity index (χ4n) is 2.49. The standard InChI is InChI=1S/C19H14ClNO3S/c1-11-4-2-6-13(8-11)17(22)21-18-16(19(23)24)15(10-25-18)12-5-3-7-14(20)9-12/h2-10H,1H3,(H,21,22)(H,23,24). The van der Waals surface area contributed by atoms with Gasteiger partial charge < -0.3 is 10.4 Å². The number of thiophene rings is 1. The zero-order valence-corrected chi connectivity index (χ0v) is 14.8. The molecule has 2 N–H and O–H groups in total. The number of rotatable bonds is 4. The van der Waals surface area contributed by atoms with Gasteiger partial charge >= 0.3 is 5.97 Å². The molecule has 0 radical (unpaired) electrons. The van der Waals surface area contributed by atoms with E-state index in [9.17, 15) is 14.7 Å². The first-order valence-electron chi connectivity index (χ1n) is 7.44. The van der Waals surface area contributed by atoms with Gasteiger partial charge in [0.15, 0.2) is 0 Å². The zero-order valence-electron chi connectivity index (χ0n) is 13.2. The molecule has 0 atom stereocenters. The van der Waals surface area contributed by atoms with E-state index in [-0.39, 0.29) is 11.5 Å². The number of nitrogens with one attached hydrogen (secondary N) is 1. The Balaban J connectivity index is 1.97. The number of carboxylic acids is 1. The van der Waals surface area contributed by atoms with Gasteiger partial charge in [-0.1, -0.05) is 41.4 Å². The summed E-state index contributed by atoms with van der Waals surface area (Å²) in [7, 11) is 0. The van der Waals surface area contributed by atoms with Crippen molar-refractivity contribution in [2.24, 2.45) is 0 Å². The van der Waals surface area contributed by atoms with Gasteiger partial charge in [0.2, 0.25) is 0 Å². The normalized spacial score (nSPS) is 10.5. The lowest BCUT2D eigenvalue weighted by molar-refractivity contribution is 0.0699. The highest BCUT2D eigenvalue weighted by atomic mass is 35.5. The molecule has 25 heavy (non-hydrogen) atoms. The van der Waals surface area contributed by atoms with Gasteiger partial charge in [-0.3, -0.25) is 4.79 Å². The number of hydrogen-bond donors (Lipinski definition) is 2. The van der Waals surface area contributed by atoms with Gasteiger partial charge in [0.25, 0.3) is 5.91 Å². The highest BCUT2D eigenvalue weighted by Crippen LogP contribution is 2.36. The Bertz CT molecular complexity index is 965. The Kier molecular flexibility index (Phi) is 4.88. The third kappa shape index (κ3) is 3.73. The van der Waals surface area contributed by atoms with Crippen molar-refractivity contribution in [2.45, 2.75) is 6.92 Å². The Morgan fingerprint density at radius 3 is 2.56 bits per heavy atom. The van der Waals surface area contributed by atoms with E-state index in [1.165, 1.54) is 11.3 Å². The second-order valence-corrected chi connectivity index (χ2v) is 6.81. The average molecular weight is 372 g/mol. The molecule has 0 aliphatic heterocycles. The first kappa shape index (κ1) is 17.2. The van der Waals surface area contributed by atoms with Crippen LogP contribution in [0.25, 0.3) is 11.1 Å². The van der Waals surface area contributed by atoms with Crippen LogP contribution in [0.4, 0.5) is 5.00 Å². The van der Waals surface area contributed by atoms with E-state index >= 15 is 0 Å². The molecular formula is C19H14ClNO3S.